The summed E-state index contributed by atoms with van der Waals surface area (Å²) in [7, 11) is 1.76. The number of hydrogen-bond donors (Lipinski definition) is 2. The molecule has 3 aliphatic carbocycles. The van der Waals surface area contributed by atoms with Crippen LogP contribution in [0.3, 0.4) is 0 Å². The van der Waals surface area contributed by atoms with Crippen LogP contribution in [0.5, 0.6) is 0 Å². The lowest BCUT2D eigenvalue weighted by atomic mass is 9.85. The molecule has 27 heavy (non-hydrogen) atoms. The molecule has 3 fully saturated rings. The van der Waals surface area contributed by atoms with Crippen LogP contribution in [0.1, 0.15) is 44.9 Å². The molecule has 148 valence electrons. The third kappa shape index (κ3) is 3.63. The van der Waals surface area contributed by atoms with Crippen LogP contribution in [0, 0.1) is 29.6 Å². The van der Waals surface area contributed by atoms with E-state index in [1.165, 1.54) is 43.4 Å². The van der Waals surface area contributed by atoms with E-state index in [4.69, 9.17) is 0 Å². The first kappa shape index (κ1) is 18.5. The zero-order chi connectivity index (χ0) is 18.8. The maximum Gasteiger partial charge on any atom is 0.233 e. The first-order valence-electron chi connectivity index (χ1n) is 10.7. The molecule has 0 radical (unpaired) electrons. The smallest absolute Gasteiger partial charge is 0.233 e. The lowest BCUT2D eigenvalue weighted by Crippen LogP contribution is -2.44. The fourth-order valence-electron chi connectivity index (χ4n) is 5.56. The van der Waals surface area contributed by atoms with E-state index in [1.54, 1.807) is 7.05 Å². The Morgan fingerprint density at radius 1 is 1.04 bits per heavy atom. The molecule has 4 rings (SSSR count). The molecular weight excluding hydrogens is 340 g/mol. The largest absolute Gasteiger partial charge is 0.356 e. The quantitative estimate of drug-likeness (QED) is 0.323. The molecule has 2 amide bonds. The van der Waals surface area contributed by atoms with Crippen molar-refractivity contribution < 1.29 is 9.59 Å². The zero-order valence-corrected chi connectivity index (χ0v) is 16.3. The van der Waals surface area contributed by atoms with Crippen LogP contribution < -0.4 is 10.6 Å². The van der Waals surface area contributed by atoms with Crippen molar-refractivity contribution in [3.63, 3.8) is 0 Å². The average molecular weight is 373 g/mol. The molecule has 2 N–H and O–H groups in total. The number of fused-ring (bicyclic) bond motifs is 5. The number of hydrogen-bond acceptors (Lipinski definition) is 3. The third-order valence-corrected chi connectivity index (χ3v) is 6.98. The van der Waals surface area contributed by atoms with Gasteiger partial charge in [0.15, 0.2) is 5.96 Å². The number of aliphatic imine (C=N–C) groups is 1. The van der Waals surface area contributed by atoms with Crippen molar-refractivity contribution in [2.45, 2.75) is 44.9 Å². The van der Waals surface area contributed by atoms with Gasteiger partial charge in [-0.05, 0) is 30.6 Å². The highest BCUT2D eigenvalue weighted by atomic mass is 16.2. The summed E-state index contributed by atoms with van der Waals surface area (Å²) in [5, 5.41) is 6.63. The maximum absolute atomic E-state index is 12.7. The van der Waals surface area contributed by atoms with Crippen molar-refractivity contribution >= 4 is 17.8 Å². The Balaban J connectivity index is 1.20. The molecular formula is C21H32N4O2. The summed E-state index contributed by atoms with van der Waals surface area (Å²) in [4.78, 5) is 31.1. The van der Waals surface area contributed by atoms with E-state index in [-0.39, 0.29) is 35.5 Å². The van der Waals surface area contributed by atoms with Crippen LogP contribution in [0.4, 0.5) is 0 Å². The number of allylic oxidation sites excluding steroid dienone is 2. The highest BCUT2D eigenvalue weighted by molar-refractivity contribution is 6.06. The Morgan fingerprint density at radius 3 is 2.30 bits per heavy atom. The van der Waals surface area contributed by atoms with E-state index < -0.39 is 0 Å². The second kappa shape index (κ2) is 8.03. The highest BCUT2D eigenvalue weighted by Crippen LogP contribution is 2.52. The lowest BCUT2D eigenvalue weighted by Gasteiger charge is -2.22. The van der Waals surface area contributed by atoms with Crippen molar-refractivity contribution in [3.8, 4) is 0 Å². The van der Waals surface area contributed by atoms with Gasteiger partial charge in [0, 0.05) is 26.7 Å². The zero-order valence-electron chi connectivity index (χ0n) is 16.3. The molecule has 0 aromatic carbocycles. The predicted octanol–water partition coefficient (Wildman–Crippen LogP) is 1.93. The summed E-state index contributed by atoms with van der Waals surface area (Å²) >= 11 is 0. The van der Waals surface area contributed by atoms with Crippen LogP contribution in [0.25, 0.3) is 0 Å². The van der Waals surface area contributed by atoms with E-state index in [0.29, 0.717) is 13.1 Å². The third-order valence-electron chi connectivity index (χ3n) is 6.98. The molecule has 1 heterocycles. The minimum atomic E-state index is -0.0968. The Labute approximate surface area is 161 Å². The molecule has 1 saturated heterocycles. The first-order chi connectivity index (χ1) is 13.2. The van der Waals surface area contributed by atoms with Gasteiger partial charge in [-0.2, -0.15) is 0 Å². The van der Waals surface area contributed by atoms with Crippen LogP contribution in [0.15, 0.2) is 17.1 Å². The molecule has 4 atom stereocenters. The van der Waals surface area contributed by atoms with Gasteiger partial charge >= 0.3 is 0 Å². The number of guanidine groups is 1. The fraction of sp³-hybridized carbons (Fsp3) is 0.762. The topological polar surface area (TPSA) is 73.8 Å². The second-order valence-electron chi connectivity index (χ2n) is 8.55. The molecule has 6 nitrogen and oxygen atoms in total. The summed E-state index contributed by atoms with van der Waals surface area (Å²) in [5.74, 6) is 2.03. The molecule has 2 bridgehead atoms. The number of nitrogens with zero attached hydrogens (tertiary/aromatic N) is 2. The number of nitrogens with one attached hydrogen (secondary N) is 2. The highest BCUT2D eigenvalue weighted by Gasteiger charge is 2.58. The van der Waals surface area contributed by atoms with E-state index in [1.807, 2.05) is 0 Å². The molecule has 0 aromatic rings. The van der Waals surface area contributed by atoms with Crippen molar-refractivity contribution in [1.82, 2.24) is 15.5 Å². The summed E-state index contributed by atoms with van der Waals surface area (Å²) in [6.07, 6.45) is 13.3. The van der Waals surface area contributed by atoms with Gasteiger partial charge in [-0.3, -0.25) is 19.5 Å². The predicted molar refractivity (Wildman–Crippen MR) is 105 cm³/mol. The fourth-order valence-corrected chi connectivity index (χ4v) is 5.56. The normalized spacial score (nSPS) is 33.1. The monoisotopic (exact) mass is 372 g/mol. The number of carbonyl (C=O) groups is 2. The van der Waals surface area contributed by atoms with Crippen LogP contribution in [0.2, 0.25) is 0 Å². The van der Waals surface area contributed by atoms with Crippen molar-refractivity contribution in [2.75, 3.05) is 26.7 Å². The molecule has 4 aliphatic rings. The standard InChI is InChI=1S/C21H32N4O2/c1-22-21(23-10-9-14-5-3-2-4-6-14)24-11-12-25-19(26)17-15-7-8-16(13-15)18(17)20(25)27/h7-8,14-18H,2-6,9-13H2,1H3,(H2,22,23,24). The molecule has 4 unspecified atom stereocenters. The van der Waals surface area contributed by atoms with Crippen LogP contribution >= 0.6 is 0 Å². The lowest BCUT2D eigenvalue weighted by molar-refractivity contribution is -0.140. The minimum Gasteiger partial charge on any atom is -0.356 e. The van der Waals surface area contributed by atoms with Gasteiger partial charge in [0.1, 0.15) is 0 Å². The van der Waals surface area contributed by atoms with E-state index >= 15 is 0 Å². The average Bonchev–Trinajstić information content (AvgIpc) is 3.37. The molecule has 6 heteroatoms. The number of amides is 2. The van der Waals surface area contributed by atoms with Gasteiger partial charge in [0.05, 0.1) is 11.8 Å². The first-order valence-corrected chi connectivity index (χ1v) is 10.7. The molecule has 0 aromatic heterocycles. The van der Waals surface area contributed by atoms with E-state index in [9.17, 15) is 9.59 Å². The Morgan fingerprint density at radius 2 is 1.67 bits per heavy atom. The summed E-state index contributed by atoms with van der Waals surface area (Å²) < 4.78 is 0. The number of likely N-dealkylation sites (tertiary alicyclic amines) is 1. The molecule has 2 saturated carbocycles. The Bertz CT molecular complexity index is 608. The number of rotatable bonds is 6. The Kier molecular flexibility index (Phi) is 5.50. The van der Waals surface area contributed by atoms with Gasteiger partial charge in [0.2, 0.25) is 11.8 Å². The van der Waals surface area contributed by atoms with E-state index in [0.717, 1.165) is 24.8 Å². The maximum atomic E-state index is 12.7. The number of carbonyl (C=O) groups excluding carboxylic acids is 2. The van der Waals surface area contributed by atoms with Gasteiger partial charge < -0.3 is 10.6 Å². The molecule has 0 spiro atoms. The van der Waals surface area contributed by atoms with Crippen molar-refractivity contribution in [3.05, 3.63) is 12.2 Å². The SMILES string of the molecule is CN=C(NCCC1CCCCC1)NCCN1C(=O)C2C3C=CC(C3)C2C1=O. The summed E-state index contributed by atoms with van der Waals surface area (Å²) in [5.41, 5.74) is 0. The van der Waals surface area contributed by atoms with Gasteiger partial charge in [0.25, 0.3) is 0 Å². The van der Waals surface area contributed by atoms with Gasteiger partial charge in [-0.25, -0.2) is 0 Å². The van der Waals surface area contributed by atoms with Gasteiger partial charge in [-0.1, -0.05) is 44.3 Å². The van der Waals surface area contributed by atoms with Crippen LogP contribution in [-0.2, 0) is 9.59 Å². The minimum absolute atomic E-state index is 0.0314. The van der Waals surface area contributed by atoms with Crippen molar-refractivity contribution in [2.24, 2.45) is 34.6 Å². The summed E-state index contributed by atoms with van der Waals surface area (Å²) in [6, 6.07) is 0. The van der Waals surface area contributed by atoms with E-state index in [2.05, 4.69) is 27.8 Å². The number of imide groups is 1. The van der Waals surface area contributed by atoms with Gasteiger partial charge in [-0.15, -0.1) is 0 Å². The second-order valence-corrected chi connectivity index (χ2v) is 8.55. The summed E-state index contributed by atoms with van der Waals surface area (Å²) in [6.45, 7) is 1.89. The van der Waals surface area contributed by atoms with Crippen LogP contribution in [-0.4, -0.2) is 49.4 Å². The Hall–Kier alpha value is -1.85. The van der Waals surface area contributed by atoms with Crippen molar-refractivity contribution in [1.29, 1.82) is 0 Å². The molecule has 1 aliphatic heterocycles.